The van der Waals surface area contributed by atoms with Crippen molar-refractivity contribution < 1.29 is 9.84 Å². The molecular formula is C14H20N2O2. The molecular weight excluding hydrogens is 228 g/mol. The van der Waals surface area contributed by atoms with Crippen LogP contribution in [0, 0.1) is 11.3 Å². The number of rotatable bonds is 8. The van der Waals surface area contributed by atoms with Crippen molar-refractivity contribution in [2.75, 3.05) is 26.4 Å². The lowest BCUT2D eigenvalue weighted by Gasteiger charge is -2.14. The van der Waals surface area contributed by atoms with Gasteiger partial charge in [0.2, 0.25) is 0 Å². The molecule has 4 heteroatoms. The van der Waals surface area contributed by atoms with Crippen LogP contribution in [-0.2, 0) is 4.74 Å². The van der Waals surface area contributed by atoms with Gasteiger partial charge in [0.05, 0.1) is 24.8 Å². The highest BCUT2D eigenvalue weighted by Gasteiger charge is 2.04. The molecule has 0 aliphatic heterocycles. The van der Waals surface area contributed by atoms with Crippen molar-refractivity contribution in [3.05, 3.63) is 35.4 Å². The van der Waals surface area contributed by atoms with Crippen LogP contribution in [0.4, 0.5) is 0 Å². The van der Waals surface area contributed by atoms with E-state index < -0.39 is 0 Å². The molecule has 0 spiro atoms. The van der Waals surface area contributed by atoms with Crippen molar-refractivity contribution in [2.45, 2.75) is 19.4 Å². The van der Waals surface area contributed by atoms with Gasteiger partial charge in [-0.2, -0.15) is 5.26 Å². The number of nitrogens with zero attached hydrogens (tertiary/aromatic N) is 1. The van der Waals surface area contributed by atoms with Crippen LogP contribution >= 0.6 is 0 Å². The molecule has 1 rings (SSSR count). The van der Waals surface area contributed by atoms with E-state index in [1.54, 1.807) is 6.07 Å². The van der Waals surface area contributed by atoms with Crippen LogP contribution in [0.15, 0.2) is 24.3 Å². The molecule has 0 heterocycles. The van der Waals surface area contributed by atoms with Crippen LogP contribution in [0.1, 0.15) is 30.5 Å². The highest BCUT2D eigenvalue weighted by atomic mass is 16.5. The third-order valence-corrected chi connectivity index (χ3v) is 2.67. The molecule has 0 amide bonds. The average Bonchev–Trinajstić information content (AvgIpc) is 2.42. The molecule has 4 nitrogen and oxygen atoms in total. The zero-order chi connectivity index (χ0) is 13.2. The zero-order valence-electron chi connectivity index (χ0n) is 10.7. The summed E-state index contributed by atoms with van der Waals surface area (Å²) in [6.45, 7) is 4.05. The molecule has 1 unspecified atom stereocenters. The first-order valence-electron chi connectivity index (χ1n) is 6.20. The maximum Gasteiger partial charge on any atom is 0.0991 e. The summed E-state index contributed by atoms with van der Waals surface area (Å²) in [5, 5.41) is 20.8. The molecule has 0 aromatic heterocycles. The number of benzene rings is 1. The van der Waals surface area contributed by atoms with Crippen LogP contribution in [0.2, 0.25) is 0 Å². The second-order valence-electron chi connectivity index (χ2n) is 4.10. The summed E-state index contributed by atoms with van der Waals surface area (Å²) in [4.78, 5) is 0. The van der Waals surface area contributed by atoms with E-state index in [-0.39, 0.29) is 12.6 Å². The Labute approximate surface area is 108 Å². The lowest BCUT2D eigenvalue weighted by Crippen LogP contribution is -2.21. The first-order chi connectivity index (χ1) is 8.77. The first kappa shape index (κ1) is 14.7. The fourth-order valence-electron chi connectivity index (χ4n) is 1.65. The average molecular weight is 248 g/mol. The molecule has 0 radical (unpaired) electrons. The summed E-state index contributed by atoms with van der Waals surface area (Å²) in [5.41, 5.74) is 1.80. The zero-order valence-corrected chi connectivity index (χ0v) is 10.7. The van der Waals surface area contributed by atoms with Crippen LogP contribution in [-0.4, -0.2) is 31.5 Å². The summed E-state index contributed by atoms with van der Waals surface area (Å²) in [5.74, 6) is 0. The first-order valence-corrected chi connectivity index (χ1v) is 6.20. The number of aliphatic hydroxyl groups is 1. The van der Waals surface area contributed by atoms with Gasteiger partial charge >= 0.3 is 0 Å². The molecule has 18 heavy (non-hydrogen) atoms. The van der Waals surface area contributed by atoms with Crippen molar-refractivity contribution in [1.82, 2.24) is 5.32 Å². The van der Waals surface area contributed by atoms with E-state index in [4.69, 9.17) is 15.1 Å². The summed E-state index contributed by atoms with van der Waals surface area (Å²) in [6.07, 6.45) is 0.905. The normalized spacial score (nSPS) is 12.1. The minimum atomic E-state index is 0.0742. The Morgan fingerprint density at radius 2 is 2.28 bits per heavy atom. The standard InChI is InChI=1S/C14H20N2O2/c1-12(16-6-3-8-18-9-7-17)14-5-2-4-13(10-14)11-15/h2,4-5,10,12,16-17H,3,6-9H2,1H3. The van der Waals surface area contributed by atoms with Crippen LogP contribution < -0.4 is 5.32 Å². The number of hydrogen-bond acceptors (Lipinski definition) is 4. The minimum absolute atomic E-state index is 0.0742. The third kappa shape index (κ3) is 5.28. The maximum atomic E-state index is 8.83. The van der Waals surface area contributed by atoms with Gasteiger partial charge in [0, 0.05) is 12.6 Å². The van der Waals surface area contributed by atoms with Gasteiger partial charge in [-0.05, 0) is 37.6 Å². The fourth-order valence-corrected chi connectivity index (χ4v) is 1.65. The molecule has 0 aliphatic rings. The third-order valence-electron chi connectivity index (χ3n) is 2.67. The summed E-state index contributed by atoms with van der Waals surface area (Å²) < 4.78 is 5.17. The highest BCUT2D eigenvalue weighted by Crippen LogP contribution is 2.13. The largest absolute Gasteiger partial charge is 0.394 e. The molecule has 1 aromatic carbocycles. The van der Waals surface area contributed by atoms with E-state index in [0.29, 0.717) is 18.8 Å². The van der Waals surface area contributed by atoms with Crippen LogP contribution in [0.5, 0.6) is 0 Å². The maximum absolute atomic E-state index is 8.83. The minimum Gasteiger partial charge on any atom is -0.394 e. The lowest BCUT2D eigenvalue weighted by molar-refractivity contribution is 0.0904. The smallest absolute Gasteiger partial charge is 0.0991 e. The number of hydrogen-bond donors (Lipinski definition) is 2. The Kier molecular flexibility index (Phi) is 7.04. The van der Waals surface area contributed by atoms with Crippen LogP contribution in [0.3, 0.4) is 0 Å². The Morgan fingerprint density at radius 1 is 1.44 bits per heavy atom. The van der Waals surface area contributed by atoms with E-state index in [0.717, 1.165) is 18.5 Å². The molecule has 2 N–H and O–H groups in total. The van der Waals surface area contributed by atoms with E-state index in [2.05, 4.69) is 18.3 Å². The highest BCUT2D eigenvalue weighted by molar-refractivity contribution is 5.33. The van der Waals surface area contributed by atoms with Crippen molar-refractivity contribution in [2.24, 2.45) is 0 Å². The van der Waals surface area contributed by atoms with Crippen molar-refractivity contribution in [3.63, 3.8) is 0 Å². The SMILES string of the molecule is CC(NCCCOCCO)c1cccc(C#N)c1. The molecule has 0 aliphatic carbocycles. The van der Waals surface area contributed by atoms with Gasteiger partial charge in [-0.1, -0.05) is 12.1 Å². The number of nitriles is 1. The predicted molar refractivity (Wildman–Crippen MR) is 70.1 cm³/mol. The van der Waals surface area contributed by atoms with Crippen molar-refractivity contribution >= 4 is 0 Å². The quantitative estimate of drug-likeness (QED) is 0.686. The molecule has 0 saturated carbocycles. The van der Waals surface area contributed by atoms with Gasteiger partial charge in [-0.25, -0.2) is 0 Å². The second kappa shape index (κ2) is 8.65. The Bertz CT molecular complexity index is 388. The van der Waals surface area contributed by atoms with Gasteiger partial charge in [-0.15, -0.1) is 0 Å². The monoisotopic (exact) mass is 248 g/mol. The summed E-state index contributed by atoms with van der Waals surface area (Å²) in [7, 11) is 0. The van der Waals surface area contributed by atoms with Crippen LogP contribution in [0.25, 0.3) is 0 Å². The molecule has 1 aromatic rings. The van der Waals surface area contributed by atoms with E-state index in [9.17, 15) is 0 Å². The number of ether oxygens (including phenoxy) is 1. The van der Waals surface area contributed by atoms with Gasteiger partial charge in [-0.3, -0.25) is 0 Å². The van der Waals surface area contributed by atoms with Crippen molar-refractivity contribution in [1.29, 1.82) is 5.26 Å². The van der Waals surface area contributed by atoms with Gasteiger partial charge < -0.3 is 15.2 Å². The molecule has 0 bridgehead atoms. The fraction of sp³-hybridized carbons (Fsp3) is 0.500. The Balaban J connectivity index is 2.27. The Morgan fingerprint density at radius 3 is 3.00 bits per heavy atom. The Hall–Kier alpha value is -1.41. The summed E-state index contributed by atoms with van der Waals surface area (Å²) in [6, 6.07) is 9.98. The predicted octanol–water partition coefficient (Wildman–Crippen LogP) is 1.61. The van der Waals surface area contributed by atoms with Gasteiger partial charge in [0.15, 0.2) is 0 Å². The van der Waals surface area contributed by atoms with Crippen molar-refractivity contribution in [3.8, 4) is 6.07 Å². The topological polar surface area (TPSA) is 65.3 Å². The van der Waals surface area contributed by atoms with E-state index >= 15 is 0 Å². The van der Waals surface area contributed by atoms with Gasteiger partial charge in [0.25, 0.3) is 0 Å². The molecule has 0 saturated heterocycles. The lowest BCUT2D eigenvalue weighted by atomic mass is 10.1. The molecule has 0 fully saturated rings. The number of nitrogens with one attached hydrogen (secondary N) is 1. The molecule has 1 atom stereocenters. The number of aliphatic hydroxyl groups excluding tert-OH is 1. The summed E-state index contributed by atoms with van der Waals surface area (Å²) >= 11 is 0. The van der Waals surface area contributed by atoms with Gasteiger partial charge in [0.1, 0.15) is 0 Å². The molecule has 98 valence electrons. The van der Waals surface area contributed by atoms with E-state index in [1.807, 2.05) is 18.2 Å². The second-order valence-corrected chi connectivity index (χ2v) is 4.10. The van der Waals surface area contributed by atoms with E-state index in [1.165, 1.54) is 0 Å².